The van der Waals surface area contributed by atoms with Gasteiger partial charge in [0.2, 0.25) is 0 Å². The first-order valence-electron chi connectivity index (χ1n) is 5.21. The van der Waals surface area contributed by atoms with Crippen molar-refractivity contribution < 1.29 is 13.3 Å². The monoisotopic (exact) mass is 273 g/mol. The SMILES string of the molecule is CC(CN)Nc1cccc(S(C)(=O)=O)c1[N+](=O)[O-]. The third-order valence-electron chi connectivity index (χ3n) is 2.34. The largest absolute Gasteiger partial charge is 0.376 e. The molecule has 0 spiro atoms. The molecule has 0 saturated heterocycles. The molecule has 18 heavy (non-hydrogen) atoms. The highest BCUT2D eigenvalue weighted by Gasteiger charge is 2.26. The summed E-state index contributed by atoms with van der Waals surface area (Å²) in [5.74, 6) is 0. The summed E-state index contributed by atoms with van der Waals surface area (Å²) in [6, 6.07) is 3.93. The predicted molar refractivity (Wildman–Crippen MR) is 68.3 cm³/mol. The smallest absolute Gasteiger partial charge is 0.310 e. The molecule has 1 rings (SSSR count). The van der Waals surface area contributed by atoms with Crippen molar-refractivity contribution in [1.82, 2.24) is 0 Å². The van der Waals surface area contributed by atoms with E-state index in [0.29, 0.717) is 0 Å². The number of para-hydroxylation sites is 1. The first-order valence-corrected chi connectivity index (χ1v) is 7.10. The Morgan fingerprint density at radius 3 is 2.56 bits per heavy atom. The molecule has 1 atom stereocenters. The number of nitro benzene ring substituents is 1. The summed E-state index contributed by atoms with van der Waals surface area (Å²) in [5, 5.41) is 13.9. The van der Waals surface area contributed by atoms with Crippen LogP contribution in [0.2, 0.25) is 0 Å². The molecule has 0 aliphatic carbocycles. The van der Waals surface area contributed by atoms with Gasteiger partial charge in [-0.15, -0.1) is 0 Å². The zero-order chi connectivity index (χ0) is 13.9. The summed E-state index contributed by atoms with van der Waals surface area (Å²) >= 11 is 0. The highest BCUT2D eigenvalue weighted by Crippen LogP contribution is 2.32. The van der Waals surface area contributed by atoms with E-state index in [1.54, 1.807) is 6.92 Å². The second kappa shape index (κ2) is 5.32. The maximum absolute atomic E-state index is 11.5. The molecule has 0 aliphatic heterocycles. The normalized spacial score (nSPS) is 13.1. The third-order valence-corrected chi connectivity index (χ3v) is 3.46. The summed E-state index contributed by atoms with van der Waals surface area (Å²) in [6.07, 6.45) is 0.936. The Morgan fingerprint density at radius 1 is 1.50 bits per heavy atom. The number of anilines is 1. The van der Waals surface area contributed by atoms with Gasteiger partial charge in [-0.2, -0.15) is 0 Å². The first kappa shape index (κ1) is 14.4. The zero-order valence-corrected chi connectivity index (χ0v) is 10.9. The summed E-state index contributed by atoms with van der Waals surface area (Å²) in [5.41, 5.74) is 5.13. The fraction of sp³-hybridized carbons (Fsp3) is 0.400. The Labute approximate surface area is 105 Å². The molecule has 0 heterocycles. The predicted octanol–water partition coefficient (Wildman–Crippen LogP) is 0.757. The lowest BCUT2D eigenvalue weighted by molar-refractivity contribution is -0.386. The number of sulfone groups is 1. The van der Waals surface area contributed by atoms with Crippen LogP contribution in [-0.4, -0.2) is 32.2 Å². The van der Waals surface area contributed by atoms with E-state index in [4.69, 9.17) is 5.73 Å². The van der Waals surface area contributed by atoms with E-state index < -0.39 is 20.4 Å². The van der Waals surface area contributed by atoms with Gasteiger partial charge in [-0.25, -0.2) is 8.42 Å². The molecule has 1 aromatic rings. The van der Waals surface area contributed by atoms with Crippen molar-refractivity contribution in [3.8, 4) is 0 Å². The summed E-state index contributed by atoms with van der Waals surface area (Å²) in [4.78, 5) is 10.0. The van der Waals surface area contributed by atoms with Crippen LogP contribution in [0.15, 0.2) is 23.1 Å². The van der Waals surface area contributed by atoms with Gasteiger partial charge in [-0.1, -0.05) is 6.07 Å². The lowest BCUT2D eigenvalue weighted by atomic mass is 10.2. The van der Waals surface area contributed by atoms with Gasteiger partial charge in [-0.05, 0) is 19.1 Å². The van der Waals surface area contributed by atoms with Crippen molar-refractivity contribution in [2.75, 3.05) is 18.1 Å². The molecule has 0 aromatic heterocycles. The highest BCUT2D eigenvalue weighted by molar-refractivity contribution is 7.90. The van der Waals surface area contributed by atoms with Gasteiger partial charge in [0.05, 0.1) is 4.92 Å². The Kier molecular flexibility index (Phi) is 4.25. The van der Waals surface area contributed by atoms with E-state index >= 15 is 0 Å². The fourth-order valence-electron chi connectivity index (χ4n) is 1.45. The number of nitro groups is 1. The topological polar surface area (TPSA) is 115 Å². The van der Waals surface area contributed by atoms with Crippen LogP contribution in [0.1, 0.15) is 6.92 Å². The molecule has 8 heteroatoms. The number of rotatable bonds is 5. The van der Waals surface area contributed by atoms with Crippen LogP contribution in [0.5, 0.6) is 0 Å². The van der Waals surface area contributed by atoms with Crippen LogP contribution in [0.4, 0.5) is 11.4 Å². The standard InChI is InChI=1S/C10H15N3O4S/c1-7(6-11)12-8-4-3-5-9(18(2,16)17)10(8)13(14)15/h3-5,7,12H,6,11H2,1-2H3. The molecule has 0 saturated carbocycles. The van der Waals surface area contributed by atoms with Crippen LogP contribution >= 0.6 is 0 Å². The van der Waals surface area contributed by atoms with E-state index in [1.807, 2.05) is 0 Å². The molecule has 0 bridgehead atoms. The van der Waals surface area contributed by atoms with E-state index in [0.717, 1.165) is 6.26 Å². The second-order valence-electron chi connectivity index (χ2n) is 3.96. The minimum absolute atomic E-state index is 0.154. The summed E-state index contributed by atoms with van der Waals surface area (Å²) in [6.45, 7) is 2.02. The van der Waals surface area contributed by atoms with Crippen LogP contribution < -0.4 is 11.1 Å². The van der Waals surface area contributed by atoms with Gasteiger partial charge in [0.1, 0.15) is 10.6 Å². The van der Waals surface area contributed by atoms with Crippen molar-refractivity contribution in [2.24, 2.45) is 5.73 Å². The average Bonchev–Trinajstić information content (AvgIpc) is 2.27. The summed E-state index contributed by atoms with van der Waals surface area (Å²) in [7, 11) is -3.66. The third kappa shape index (κ3) is 3.17. The van der Waals surface area contributed by atoms with Gasteiger partial charge in [0.15, 0.2) is 9.84 Å². The molecule has 1 aromatic carbocycles. The van der Waals surface area contributed by atoms with E-state index in [9.17, 15) is 18.5 Å². The van der Waals surface area contributed by atoms with Gasteiger partial charge in [0, 0.05) is 18.8 Å². The molecule has 100 valence electrons. The van der Waals surface area contributed by atoms with Crippen LogP contribution in [-0.2, 0) is 9.84 Å². The number of hydrogen-bond acceptors (Lipinski definition) is 6. The Morgan fingerprint density at radius 2 is 2.11 bits per heavy atom. The Bertz CT molecular complexity index is 556. The van der Waals surface area contributed by atoms with Crippen molar-refractivity contribution in [3.63, 3.8) is 0 Å². The van der Waals surface area contributed by atoms with Crippen LogP contribution in [0, 0.1) is 10.1 Å². The number of nitrogens with one attached hydrogen (secondary N) is 1. The summed E-state index contributed by atoms with van der Waals surface area (Å²) < 4.78 is 23.0. The van der Waals surface area contributed by atoms with E-state index in [2.05, 4.69) is 5.32 Å². The Balaban J connectivity index is 3.40. The number of nitrogens with two attached hydrogens (primary N) is 1. The first-order chi connectivity index (χ1) is 8.27. The van der Waals surface area contributed by atoms with E-state index in [1.165, 1.54) is 18.2 Å². The lowest BCUT2D eigenvalue weighted by Crippen LogP contribution is -2.25. The number of benzene rings is 1. The van der Waals surface area contributed by atoms with Gasteiger partial charge in [-0.3, -0.25) is 10.1 Å². The minimum atomic E-state index is -3.66. The Hall–Kier alpha value is -1.67. The quantitative estimate of drug-likeness (QED) is 0.604. The van der Waals surface area contributed by atoms with Crippen molar-refractivity contribution in [3.05, 3.63) is 28.3 Å². The minimum Gasteiger partial charge on any atom is -0.376 e. The average molecular weight is 273 g/mol. The fourth-order valence-corrected chi connectivity index (χ4v) is 2.31. The molecule has 0 amide bonds. The number of hydrogen-bond donors (Lipinski definition) is 2. The van der Waals surface area contributed by atoms with Crippen LogP contribution in [0.25, 0.3) is 0 Å². The maximum atomic E-state index is 11.5. The lowest BCUT2D eigenvalue weighted by Gasteiger charge is -2.14. The molecular weight excluding hydrogens is 258 g/mol. The maximum Gasteiger partial charge on any atom is 0.310 e. The van der Waals surface area contributed by atoms with E-state index in [-0.39, 0.29) is 23.2 Å². The molecule has 0 aliphatic rings. The highest BCUT2D eigenvalue weighted by atomic mass is 32.2. The molecule has 0 fully saturated rings. The van der Waals surface area contributed by atoms with Crippen molar-refractivity contribution in [1.29, 1.82) is 0 Å². The molecular formula is C10H15N3O4S. The van der Waals surface area contributed by atoms with Crippen molar-refractivity contribution in [2.45, 2.75) is 17.9 Å². The van der Waals surface area contributed by atoms with Gasteiger partial charge < -0.3 is 11.1 Å². The second-order valence-corrected chi connectivity index (χ2v) is 5.95. The van der Waals surface area contributed by atoms with Gasteiger partial charge >= 0.3 is 5.69 Å². The zero-order valence-electron chi connectivity index (χ0n) is 10.1. The molecule has 3 N–H and O–H groups in total. The number of nitrogens with zero attached hydrogens (tertiary/aromatic N) is 1. The molecule has 0 radical (unpaired) electrons. The molecule has 1 unspecified atom stereocenters. The van der Waals surface area contributed by atoms with Gasteiger partial charge in [0.25, 0.3) is 0 Å². The van der Waals surface area contributed by atoms with Crippen molar-refractivity contribution >= 4 is 21.2 Å². The van der Waals surface area contributed by atoms with Crippen LogP contribution in [0.3, 0.4) is 0 Å². The molecule has 7 nitrogen and oxygen atoms in total.